The molecule has 1 saturated heterocycles. The van der Waals surface area contributed by atoms with Gasteiger partial charge in [0.2, 0.25) is 0 Å². The van der Waals surface area contributed by atoms with Crippen LogP contribution < -0.4 is 5.32 Å². The summed E-state index contributed by atoms with van der Waals surface area (Å²) in [6.45, 7) is 1.82. The van der Waals surface area contributed by atoms with Gasteiger partial charge in [-0.05, 0) is 54.8 Å². The van der Waals surface area contributed by atoms with Crippen molar-refractivity contribution in [2.75, 3.05) is 19.7 Å². The molecule has 0 aromatic heterocycles. The summed E-state index contributed by atoms with van der Waals surface area (Å²) in [6, 6.07) is 5.91. The van der Waals surface area contributed by atoms with Gasteiger partial charge in [-0.25, -0.2) is 0 Å². The Labute approximate surface area is 107 Å². The number of nitrogens with one attached hydrogen (secondary N) is 1. The monoisotopic (exact) mass is 245 g/mol. The Bertz CT molecular complexity index is 475. The Hall–Kier alpha value is -1.19. The highest BCUT2D eigenvalue weighted by Crippen LogP contribution is 2.40. The number of fused-ring (bicyclic) bond motifs is 1. The van der Waals surface area contributed by atoms with Gasteiger partial charge in [0.1, 0.15) is 6.61 Å². The van der Waals surface area contributed by atoms with E-state index in [2.05, 4.69) is 11.4 Å². The SMILES string of the molecule is O=C(CO)c1ccc2c(c1)CC1(CCNC1)CC2. The molecule has 0 bridgehead atoms. The van der Waals surface area contributed by atoms with Crippen molar-refractivity contribution < 1.29 is 9.90 Å². The smallest absolute Gasteiger partial charge is 0.188 e. The Morgan fingerprint density at radius 3 is 2.94 bits per heavy atom. The second kappa shape index (κ2) is 4.48. The van der Waals surface area contributed by atoms with E-state index in [1.54, 1.807) is 0 Å². The number of aliphatic hydroxyl groups excluding tert-OH is 1. The predicted molar refractivity (Wildman–Crippen MR) is 69.8 cm³/mol. The third-order valence-corrected chi connectivity index (χ3v) is 4.49. The van der Waals surface area contributed by atoms with Crippen molar-refractivity contribution in [3.63, 3.8) is 0 Å². The van der Waals surface area contributed by atoms with E-state index in [-0.39, 0.29) is 5.78 Å². The van der Waals surface area contributed by atoms with Gasteiger partial charge in [-0.1, -0.05) is 12.1 Å². The lowest BCUT2D eigenvalue weighted by molar-refractivity contribution is 0.0903. The average molecular weight is 245 g/mol. The Kier molecular flexibility index (Phi) is 2.96. The first-order valence-electron chi connectivity index (χ1n) is 6.69. The van der Waals surface area contributed by atoms with Crippen molar-refractivity contribution >= 4 is 5.78 Å². The highest BCUT2D eigenvalue weighted by molar-refractivity contribution is 5.97. The molecule has 0 radical (unpaired) electrons. The van der Waals surface area contributed by atoms with Crippen molar-refractivity contribution in [2.24, 2.45) is 5.41 Å². The number of hydrogen-bond donors (Lipinski definition) is 2. The Morgan fingerprint density at radius 2 is 2.22 bits per heavy atom. The van der Waals surface area contributed by atoms with Crippen LogP contribution >= 0.6 is 0 Å². The summed E-state index contributed by atoms with van der Waals surface area (Å²) in [7, 11) is 0. The first-order valence-corrected chi connectivity index (χ1v) is 6.69. The summed E-state index contributed by atoms with van der Waals surface area (Å²) in [5.74, 6) is -0.179. The number of carbonyl (C=O) groups excluding carboxylic acids is 1. The molecule has 1 aromatic rings. The third-order valence-electron chi connectivity index (χ3n) is 4.49. The van der Waals surface area contributed by atoms with Crippen LogP contribution in [0.1, 0.15) is 34.3 Å². The zero-order valence-electron chi connectivity index (χ0n) is 10.5. The van der Waals surface area contributed by atoms with Crippen molar-refractivity contribution in [3.05, 3.63) is 34.9 Å². The van der Waals surface area contributed by atoms with Gasteiger partial charge in [-0.15, -0.1) is 0 Å². The number of aliphatic hydroxyl groups is 1. The van der Waals surface area contributed by atoms with Crippen molar-refractivity contribution in [3.8, 4) is 0 Å². The molecule has 1 atom stereocenters. The molecule has 1 fully saturated rings. The number of ketones is 1. The molecule has 1 unspecified atom stereocenters. The van der Waals surface area contributed by atoms with Gasteiger partial charge in [-0.3, -0.25) is 4.79 Å². The Balaban J connectivity index is 1.91. The lowest BCUT2D eigenvalue weighted by atomic mass is 9.71. The molecule has 96 valence electrons. The van der Waals surface area contributed by atoms with Gasteiger partial charge in [0.25, 0.3) is 0 Å². The molecule has 18 heavy (non-hydrogen) atoms. The van der Waals surface area contributed by atoms with Crippen molar-refractivity contribution in [1.82, 2.24) is 5.32 Å². The number of hydrogen-bond acceptors (Lipinski definition) is 3. The van der Waals surface area contributed by atoms with Crippen LogP contribution in [0.4, 0.5) is 0 Å². The topological polar surface area (TPSA) is 49.3 Å². The standard InChI is InChI=1S/C15H19NO2/c17-9-14(18)12-2-1-11-3-4-15(5-6-16-10-15)8-13(11)7-12/h1-2,7,16-17H,3-6,8-10H2. The molecule has 2 aliphatic rings. The molecule has 1 aliphatic carbocycles. The maximum absolute atomic E-state index is 11.5. The molecule has 1 aromatic carbocycles. The van der Waals surface area contributed by atoms with Crippen LogP contribution in [0.25, 0.3) is 0 Å². The van der Waals surface area contributed by atoms with E-state index < -0.39 is 6.61 Å². The van der Waals surface area contributed by atoms with Gasteiger partial charge in [0.05, 0.1) is 0 Å². The molecule has 3 heteroatoms. The van der Waals surface area contributed by atoms with Crippen LogP contribution in [-0.2, 0) is 12.8 Å². The molecule has 0 saturated carbocycles. The van der Waals surface area contributed by atoms with Gasteiger partial charge in [0, 0.05) is 12.1 Å². The van der Waals surface area contributed by atoms with Crippen molar-refractivity contribution in [1.29, 1.82) is 0 Å². The van der Waals surface area contributed by atoms with Crippen LogP contribution in [0.5, 0.6) is 0 Å². The summed E-state index contributed by atoms with van der Waals surface area (Å²) in [4.78, 5) is 11.5. The van der Waals surface area contributed by atoms with Crippen LogP contribution in [0, 0.1) is 5.41 Å². The summed E-state index contributed by atoms with van der Waals surface area (Å²) < 4.78 is 0. The average Bonchev–Trinajstić information content (AvgIpc) is 2.85. The summed E-state index contributed by atoms with van der Waals surface area (Å²) in [6.07, 6.45) is 4.68. The molecule has 1 spiro atoms. The fraction of sp³-hybridized carbons (Fsp3) is 0.533. The van der Waals surface area contributed by atoms with E-state index in [1.807, 2.05) is 12.1 Å². The minimum Gasteiger partial charge on any atom is -0.388 e. The van der Waals surface area contributed by atoms with E-state index in [1.165, 1.54) is 24.0 Å². The van der Waals surface area contributed by atoms with Crippen LogP contribution in [-0.4, -0.2) is 30.6 Å². The molecule has 1 heterocycles. The van der Waals surface area contributed by atoms with Gasteiger partial charge in [-0.2, -0.15) is 0 Å². The molecule has 2 N–H and O–H groups in total. The number of carbonyl (C=O) groups is 1. The van der Waals surface area contributed by atoms with E-state index in [0.717, 1.165) is 25.9 Å². The van der Waals surface area contributed by atoms with E-state index in [0.29, 0.717) is 11.0 Å². The lowest BCUT2D eigenvalue weighted by Crippen LogP contribution is -2.31. The molecule has 1 aliphatic heterocycles. The molecular weight excluding hydrogens is 226 g/mol. The van der Waals surface area contributed by atoms with Crippen LogP contribution in [0.2, 0.25) is 0 Å². The van der Waals surface area contributed by atoms with Crippen LogP contribution in [0.15, 0.2) is 18.2 Å². The van der Waals surface area contributed by atoms with E-state index >= 15 is 0 Å². The number of Topliss-reactive ketones (excluding diaryl/α,β-unsaturated/α-hetero) is 1. The molecular formula is C15H19NO2. The maximum atomic E-state index is 11.5. The second-order valence-electron chi connectivity index (χ2n) is 5.67. The minimum atomic E-state index is -0.397. The normalized spacial score (nSPS) is 26.3. The fourth-order valence-electron chi connectivity index (χ4n) is 3.35. The van der Waals surface area contributed by atoms with Gasteiger partial charge >= 0.3 is 0 Å². The molecule has 3 rings (SSSR count). The summed E-state index contributed by atoms with van der Waals surface area (Å²) in [5, 5.41) is 12.4. The lowest BCUT2D eigenvalue weighted by Gasteiger charge is -2.34. The Morgan fingerprint density at radius 1 is 1.33 bits per heavy atom. The quantitative estimate of drug-likeness (QED) is 0.773. The predicted octanol–water partition coefficient (Wildman–Crippen LogP) is 1.33. The van der Waals surface area contributed by atoms with Crippen LogP contribution in [0.3, 0.4) is 0 Å². The third kappa shape index (κ3) is 1.98. The number of benzene rings is 1. The summed E-state index contributed by atoms with van der Waals surface area (Å²) >= 11 is 0. The number of aryl methyl sites for hydroxylation is 1. The zero-order valence-corrected chi connectivity index (χ0v) is 10.5. The van der Waals surface area contributed by atoms with Crippen molar-refractivity contribution in [2.45, 2.75) is 25.7 Å². The highest BCUT2D eigenvalue weighted by Gasteiger charge is 2.36. The minimum absolute atomic E-state index is 0.179. The highest BCUT2D eigenvalue weighted by atomic mass is 16.3. The fourth-order valence-corrected chi connectivity index (χ4v) is 3.35. The van der Waals surface area contributed by atoms with E-state index in [9.17, 15) is 4.79 Å². The summed E-state index contributed by atoms with van der Waals surface area (Å²) in [5.41, 5.74) is 3.75. The first-order chi connectivity index (χ1) is 8.72. The van der Waals surface area contributed by atoms with Gasteiger partial charge in [0.15, 0.2) is 5.78 Å². The maximum Gasteiger partial charge on any atom is 0.188 e. The number of rotatable bonds is 2. The largest absolute Gasteiger partial charge is 0.388 e. The molecule has 3 nitrogen and oxygen atoms in total. The zero-order chi connectivity index (χ0) is 12.6. The van der Waals surface area contributed by atoms with E-state index in [4.69, 9.17) is 5.11 Å². The second-order valence-corrected chi connectivity index (χ2v) is 5.67. The molecule has 0 amide bonds. The first kappa shape index (κ1) is 11.9. The van der Waals surface area contributed by atoms with Gasteiger partial charge < -0.3 is 10.4 Å².